The van der Waals surface area contributed by atoms with Gasteiger partial charge in [0, 0.05) is 9.13 Å². The number of nitrogens with one attached hydrogen (secondary N) is 1. The van der Waals surface area contributed by atoms with Crippen LogP contribution >= 0.6 is 22.6 Å². The summed E-state index contributed by atoms with van der Waals surface area (Å²) < 4.78 is 39.6. The van der Waals surface area contributed by atoms with E-state index < -0.39 is 22.0 Å². The zero-order valence-electron chi connectivity index (χ0n) is 18.5. The van der Waals surface area contributed by atoms with Crippen molar-refractivity contribution in [2.75, 3.05) is 25.1 Å². The highest BCUT2D eigenvalue weighted by atomic mass is 127. The van der Waals surface area contributed by atoms with Gasteiger partial charge < -0.3 is 14.8 Å². The van der Waals surface area contributed by atoms with Crippen molar-refractivity contribution in [2.45, 2.75) is 17.9 Å². The molecule has 174 valence electrons. The van der Waals surface area contributed by atoms with Crippen molar-refractivity contribution < 1.29 is 22.7 Å². The van der Waals surface area contributed by atoms with Gasteiger partial charge >= 0.3 is 0 Å². The van der Waals surface area contributed by atoms with Crippen LogP contribution in [0.1, 0.15) is 18.5 Å². The summed E-state index contributed by atoms with van der Waals surface area (Å²) in [5.74, 6) is 0.763. The minimum absolute atomic E-state index is 0.110. The third-order valence-corrected chi connectivity index (χ3v) is 7.52. The predicted molar refractivity (Wildman–Crippen MR) is 136 cm³/mol. The van der Waals surface area contributed by atoms with Crippen molar-refractivity contribution in [3.05, 3.63) is 81.9 Å². The van der Waals surface area contributed by atoms with Gasteiger partial charge in [0.2, 0.25) is 5.91 Å². The monoisotopic (exact) mass is 580 g/mol. The van der Waals surface area contributed by atoms with E-state index in [2.05, 4.69) is 27.9 Å². The lowest BCUT2D eigenvalue weighted by atomic mass is 10.1. The van der Waals surface area contributed by atoms with E-state index >= 15 is 0 Å². The standard InChI is InChI=1S/C24H25IN2O5S/c1-17(22-15-20(31-2)13-14-23(22)32-3)26-24(28)16-27(19-11-9-18(25)10-12-19)33(29,30)21-7-5-4-6-8-21/h4-15,17H,16H2,1-3H3,(H,26,28). The number of sulfonamides is 1. The maximum atomic E-state index is 13.4. The van der Waals surface area contributed by atoms with E-state index in [9.17, 15) is 13.2 Å². The van der Waals surface area contributed by atoms with Crippen LogP contribution in [0.4, 0.5) is 5.69 Å². The van der Waals surface area contributed by atoms with Gasteiger partial charge in [-0.3, -0.25) is 9.10 Å². The van der Waals surface area contributed by atoms with Crippen LogP contribution in [-0.4, -0.2) is 35.1 Å². The summed E-state index contributed by atoms with van der Waals surface area (Å²) >= 11 is 2.14. The van der Waals surface area contributed by atoms with E-state index in [0.717, 1.165) is 13.4 Å². The number of nitrogens with zero attached hydrogens (tertiary/aromatic N) is 1. The fraction of sp³-hybridized carbons (Fsp3) is 0.208. The Labute approximate surface area is 207 Å². The highest BCUT2D eigenvalue weighted by Crippen LogP contribution is 2.29. The molecule has 0 fully saturated rings. The molecule has 7 nitrogen and oxygen atoms in total. The van der Waals surface area contributed by atoms with E-state index in [0.29, 0.717) is 17.2 Å². The van der Waals surface area contributed by atoms with Gasteiger partial charge in [-0.25, -0.2) is 8.42 Å². The van der Waals surface area contributed by atoms with Crippen molar-refractivity contribution in [3.8, 4) is 11.5 Å². The molecule has 1 unspecified atom stereocenters. The molecule has 1 atom stereocenters. The second-order valence-electron chi connectivity index (χ2n) is 7.20. The van der Waals surface area contributed by atoms with Crippen molar-refractivity contribution in [1.29, 1.82) is 0 Å². The third-order valence-electron chi connectivity index (χ3n) is 5.01. The van der Waals surface area contributed by atoms with Gasteiger partial charge in [-0.1, -0.05) is 18.2 Å². The zero-order valence-corrected chi connectivity index (χ0v) is 21.5. The van der Waals surface area contributed by atoms with Crippen molar-refractivity contribution in [2.24, 2.45) is 0 Å². The van der Waals surface area contributed by atoms with Crippen molar-refractivity contribution >= 4 is 44.2 Å². The molecule has 1 amide bonds. The Morgan fingerprint density at radius 3 is 2.27 bits per heavy atom. The molecule has 0 saturated heterocycles. The van der Waals surface area contributed by atoms with Crippen LogP contribution in [0.5, 0.6) is 11.5 Å². The lowest BCUT2D eigenvalue weighted by Crippen LogP contribution is -2.41. The number of ether oxygens (including phenoxy) is 2. The summed E-state index contributed by atoms with van der Waals surface area (Å²) in [4.78, 5) is 13.1. The minimum Gasteiger partial charge on any atom is -0.497 e. The SMILES string of the molecule is COc1ccc(OC)c(C(C)NC(=O)CN(c2ccc(I)cc2)S(=O)(=O)c2ccccc2)c1. The Morgan fingerprint density at radius 2 is 1.67 bits per heavy atom. The third kappa shape index (κ3) is 5.97. The Morgan fingerprint density at radius 1 is 1.00 bits per heavy atom. The van der Waals surface area contributed by atoms with Gasteiger partial charge in [0.25, 0.3) is 10.0 Å². The average molecular weight is 580 g/mol. The highest BCUT2D eigenvalue weighted by molar-refractivity contribution is 14.1. The molecule has 3 rings (SSSR count). The number of hydrogen-bond donors (Lipinski definition) is 1. The quantitative estimate of drug-likeness (QED) is 0.380. The molecular weight excluding hydrogens is 555 g/mol. The van der Waals surface area contributed by atoms with E-state index in [1.165, 1.54) is 12.1 Å². The Balaban J connectivity index is 1.89. The largest absolute Gasteiger partial charge is 0.497 e. The first-order chi connectivity index (χ1) is 15.8. The number of methoxy groups -OCH3 is 2. The molecule has 0 radical (unpaired) electrons. The maximum Gasteiger partial charge on any atom is 0.264 e. The summed E-state index contributed by atoms with van der Waals surface area (Å²) in [7, 11) is -0.856. The summed E-state index contributed by atoms with van der Waals surface area (Å²) in [6, 6.07) is 19.9. The van der Waals surface area contributed by atoms with E-state index in [1.807, 2.05) is 0 Å². The lowest BCUT2D eigenvalue weighted by molar-refractivity contribution is -0.120. The van der Waals surface area contributed by atoms with Gasteiger partial charge in [-0.2, -0.15) is 0 Å². The molecule has 1 N–H and O–H groups in total. The number of benzene rings is 3. The number of carbonyl (C=O) groups is 1. The first kappa shape index (κ1) is 24.8. The average Bonchev–Trinajstić information content (AvgIpc) is 2.83. The van der Waals surface area contributed by atoms with Crippen LogP contribution in [0, 0.1) is 3.57 Å². The fourth-order valence-corrected chi connectivity index (χ4v) is 5.12. The Hall–Kier alpha value is -2.79. The van der Waals surface area contributed by atoms with Crippen LogP contribution in [-0.2, 0) is 14.8 Å². The molecule has 0 aliphatic rings. The molecule has 9 heteroatoms. The summed E-state index contributed by atoms with van der Waals surface area (Å²) in [5, 5.41) is 2.88. The van der Waals surface area contributed by atoms with Crippen LogP contribution in [0.15, 0.2) is 77.7 Å². The molecule has 0 aliphatic heterocycles. The normalized spacial score (nSPS) is 12.0. The molecule has 3 aromatic carbocycles. The number of anilines is 1. The molecule has 0 heterocycles. The molecule has 3 aromatic rings. The second kappa shape index (κ2) is 10.9. The first-order valence-corrected chi connectivity index (χ1v) is 12.6. The van der Waals surface area contributed by atoms with Gasteiger partial charge in [0.15, 0.2) is 0 Å². The molecule has 33 heavy (non-hydrogen) atoms. The number of rotatable bonds is 9. The molecule has 0 aliphatic carbocycles. The van der Waals surface area contributed by atoms with Crippen LogP contribution in [0.2, 0.25) is 0 Å². The summed E-state index contributed by atoms with van der Waals surface area (Å²) in [6.07, 6.45) is 0. The van der Waals surface area contributed by atoms with Gasteiger partial charge in [0.05, 0.1) is 30.8 Å². The first-order valence-electron chi connectivity index (χ1n) is 10.1. The van der Waals surface area contributed by atoms with Crippen LogP contribution in [0.25, 0.3) is 0 Å². The van der Waals surface area contributed by atoms with Crippen LogP contribution in [0.3, 0.4) is 0 Å². The topological polar surface area (TPSA) is 84.9 Å². The van der Waals surface area contributed by atoms with E-state index in [-0.39, 0.29) is 11.4 Å². The Kier molecular flexibility index (Phi) is 8.20. The van der Waals surface area contributed by atoms with Crippen molar-refractivity contribution in [3.63, 3.8) is 0 Å². The molecule has 0 bridgehead atoms. The van der Waals surface area contributed by atoms with E-state index in [1.54, 1.807) is 81.8 Å². The number of amides is 1. The number of carbonyl (C=O) groups excluding carboxylic acids is 1. The van der Waals surface area contributed by atoms with Gasteiger partial charge in [-0.05, 0) is 84.1 Å². The molecular formula is C24H25IN2O5S. The van der Waals surface area contributed by atoms with Gasteiger partial charge in [-0.15, -0.1) is 0 Å². The fourth-order valence-electron chi connectivity index (χ4n) is 3.32. The molecule has 0 saturated carbocycles. The Bertz CT molecular complexity index is 1200. The second-order valence-corrected chi connectivity index (χ2v) is 10.3. The van der Waals surface area contributed by atoms with Crippen LogP contribution < -0.4 is 19.1 Å². The number of hydrogen-bond acceptors (Lipinski definition) is 5. The lowest BCUT2D eigenvalue weighted by Gasteiger charge is -2.25. The van der Waals surface area contributed by atoms with Gasteiger partial charge in [0.1, 0.15) is 18.0 Å². The molecule has 0 spiro atoms. The number of halogens is 1. The van der Waals surface area contributed by atoms with E-state index in [4.69, 9.17) is 9.47 Å². The minimum atomic E-state index is -3.96. The van der Waals surface area contributed by atoms with Crippen molar-refractivity contribution in [1.82, 2.24) is 5.32 Å². The summed E-state index contributed by atoms with van der Waals surface area (Å²) in [5.41, 5.74) is 1.12. The highest BCUT2D eigenvalue weighted by Gasteiger charge is 2.28. The predicted octanol–water partition coefficient (Wildman–Crippen LogP) is 4.38. The summed E-state index contributed by atoms with van der Waals surface area (Å²) in [6.45, 7) is 1.42. The maximum absolute atomic E-state index is 13.4. The zero-order chi connectivity index (χ0) is 24.0. The smallest absolute Gasteiger partial charge is 0.264 e. The molecule has 0 aromatic heterocycles.